The van der Waals surface area contributed by atoms with E-state index in [2.05, 4.69) is 10.2 Å². The van der Waals surface area contributed by atoms with Crippen LogP contribution in [0.4, 0.5) is 0 Å². The van der Waals surface area contributed by atoms with Crippen LogP contribution in [0.1, 0.15) is 37.3 Å². The molecule has 88 valence electrons. The number of aryl methyl sites for hydroxylation is 1. The van der Waals surface area contributed by atoms with Gasteiger partial charge >= 0.3 is 5.97 Å². The Morgan fingerprint density at radius 1 is 1.44 bits per heavy atom. The largest absolute Gasteiger partial charge is 0.481 e. The second-order valence-electron chi connectivity index (χ2n) is 4.69. The van der Waals surface area contributed by atoms with Crippen LogP contribution >= 0.6 is 0 Å². The lowest BCUT2D eigenvalue weighted by atomic mass is 9.82. The lowest BCUT2D eigenvalue weighted by Crippen LogP contribution is -2.31. The van der Waals surface area contributed by atoms with E-state index in [-0.39, 0.29) is 0 Å². The third kappa shape index (κ3) is 1.70. The zero-order valence-corrected chi connectivity index (χ0v) is 9.73. The molecule has 5 heteroatoms. The molecule has 5 nitrogen and oxygen atoms in total. The molecule has 0 saturated heterocycles. The summed E-state index contributed by atoms with van der Waals surface area (Å²) in [6.45, 7) is 1.87. The van der Waals surface area contributed by atoms with E-state index in [0.29, 0.717) is 6.42 Å². The maximum absolute atomic E-state index is 11.4. The fourth-order valence-corrected chi connectivity index (χ4v) is 2.43. The first kappa shape index (κ1) is 11.1. The van der Waals surface area contributed by atoms with Crippen LogP contribution in [0, 0.1) is 12.3 Å². The summed E-state index contributed by atoms with van der Waals surface area (Å²) < 4.78 is 1.88. The lowest BCUT2D eigenvalue weighted by Gasteiger charge is -2.22. The van der Waals surface area contributed by atoms with Gasteiger partial charge in [0.25, 0.3) is 0 Å². The first-order chi connectivity index (χ1) is 7.55. The Morgan fingerprint density at radius 2 is 2.06 bits per heavy atom. The van der Waals surface area contributed by atoms with Crippen molar-refractivity contribution in [2.45, 2.75) is 39.0 Å². The van der Waals surface area contributed by atoms with Gasteiger partial charge in [0.15, 0.2) is 0 Å². The van der Waals surface area contributed by atoms with Crippen LogP contribution in [0.2, 0.25) is 0 Å². The van der Waals surface area contributed by atoms with Crippen molar-refractivity contribution in [2.24, 2.45) is 12.5 Å². The molecule has 16 heavy (non-hydrogen) atoms. The van der Waals surface area contributed by atoms with Crippen molar-refractivity contribution in [3.05, 3.63) is 11.6 Å². The number of aromatic nitrogens is 3. The second kappa shape index (κ2) is 3.88. The minimum atomic E-state index is -0.689. The molecular formula is C11H17N3O2. The van der Waals surface area contributed by atoms with Crippen LogP contribution in [-0.4, -0.2) is 25.8 Å². The van der Waals surface area contributed by atoms with Crippen LogP contribution in [0.15, 0.2) is 0 Å². The van der Waals surface area contributed by atoms with Crippen LogP contribution in [-0.2, 0) is 18.3 Å². The Morgan fingerprint density at radius 3 is 2.50 bits per heavy atom. The van der Waals surface area contributed by atoms with Gasteiger partial charge in [0.1, 0.15) is 11.6 Å². The summed E-state index contributed by atoms with van der Waals surface area (Å²) >= 11 is 0. The van der Waals surface area contributed by atoms with Crippen molar-refractivity contribution in [3.63, 3.8) is 0 Å². The molecule has 0 bridgehead atoms. The molecular weight excluding hydrogens is 206 g/mol. The van der Waals surface area contributed by atoms with Gasteiger partial charge in [0.2, 0.25) is 0 Å². The molecule has 2 rings (SSSR count). The summed E-state index contributed by atoms with van der Waals surface area (Å²) in [6.07, 6.45) is 4.02. The molecule has 1 aliphatic rings. The van der Waals surface area contributed by atoms with Crippen LogP contribution in [0.25, 0.3) is 0 Å². The predicted molar refractivity (Wildman–Crippen MR) is 58.0 cm³/mol. The number of carboxylic acids is 1. The number of nitrogens with zero attached hydrogens (tertiary/aromatic N) is 3. The van der Waals surface area contributed by atoms with Crippen molar-refractivity contribution in [1.82, 2.24) is 14.8 Å². The lowest BCUT2D eigenvalue weighted by molar-refractivity contribution is -0.148. The van der Waals surface area contributed by atoms with Crippen LogP contribution in [0.3, 0.4) is 0 Å². The fourth-order valence-electron chi connectivity index (χ4n) is 2.43. The molecule has 1 aromatic rings. The van der Waals surface area contributed by atoms with Crippen molar-refractivity contribution in [2.75, 3.05) is 0 Å². The highest BCUT2D eigenvalue weighted by Crippen LogP contribution is 2.40. The molecule has 1 aromatic heterocycles. The summed E-state index contributed by atoms with van der Waals surface area (Å²) in [5, 5.41) is 17.4. The number of rotatable bonds is 3. The van der Waals surface area contributed by atoms with Crippen molar-refractivity contribution < 1.29 is 9.90 Å². The Hall–Kier alpha value is -1.39. The van der Waals surface area contributed by atoms with Crippen molar-refractivity contribution >= 4 is 5.97 Å². The molecule has 0 aliphatic heterocycles. The molecule has 0 aromatic carbocycles. The molecule has 0 unspecified atom stereocenters. The van der Waals surface area contributed by atoms with Gasteiger partial charge in [-0.05, 0) is 19.8 Å². The van der Waals surface area contributed by atoms with Crippen molar-refractivity contribution in [1.29, 1.82) is 0 Å². The fraction of sp³-hybridized carbons (Fsp3) is 0.727. The number of aliphatic carboxylic acids is 1. The van der Waals surface area contributed by atoms with Crippen LogP contribution < -0.4 is 0 Å². The van der Waals surface area contributed by atoms with Gasteiger partial charge in [0, 0.05) is 13.5 Å². The summed E-state index contributed by atoms with van der Waals surface area (Å²) in [5.74, 6) is 0.918. The van der Waals surface area contributed by atoms with Gasteiger partial charge in [-0.3, -0.25) is 4.79 Å². The maximum Gasteiger partial charge on any atom is 0.310 e. The standard InChI is InChI=1S/C11H17N3O2/c1-8-12-13-9(14(8)2)7-11(10(15)16)5-3-4-6-11/h3-7H2,1-2H3,(H,15,16). The smallest absolute Gasteiger partial charge is 0.310 e. The molecule has 1 N–H and O–H groups in total. The second-order valence-corrected chi connectivity index (χ2v) is 4.69. The van der Waals surface area contributed by atoms with E-state index in [1.54, 1.807) is 0 Å². The monoisotopic (exact) mass is 223 g/mol. The van der Waals surface area contributed by atoms with E-state index < -0.39 is 11.4 Å². The van der Waals surface area contributed by atoms with E-state index in [1.165, 1.54) is 0 Å². The normalized spacial score (nSPS) is 18.9. The third-order valence-electron chi connectivity index (χ3n) is 3.69. The molecule has 1 fully saturated rings. The highest BCUT2D eigenvalue weighted by atomic mass is 16.4. The van der Waals surface area contributed by atoms with Gasteiger partial charge in [0.05, 0.1) is 5.41 Å². The van der Waals surface area contributed by atoms with Crippen LogP contribution in [0.5, 0.6) is 0 Å². The molecule has 1 aliphatic carbocycles. The van der Waals surface area contributed by atoms with E-state index >= 15 is 0 Å². The highest BCUT2D eigenvalue weighted by Gasteiger charge is 2.42. The number of carboxylic acid groups (broad SMARTS) is 1. The molecule has 0 spiro atoms. The summed E-state index contributed by atoms with van der Waals surface area (Å²) in [5.41, 5.74) is -0.604. The first-order valence-electron chi connectivity index (χ1n) is 5.63. The molecule has 0 atom stereocenters. The Balaban J connectivity index is 2.24. The average Bonchev–Trinajstić information content (AvgIpc) is 2.82. The third-order valence-corrected chi connectivity index (χ3v) is 3.69. The molecule has 0 amide bonds. The Bertz CT molecular complexity index is 405. The Kier molecular flexibility index (Phi) is 2.69. The number of carbonyl (C=O) groups is 1. The van der Waals surface area contributed by atoms with Gasteiger partial charge in [-0.25, -0.2) is 0 Å². The number of hydrogen-bond acceptors (Lipinski definition) is 3. The minimum Gasteiger partial charge on any atom is -0.481 e. The zero-order chi connectivity index (χ0) is 11.8. The summed E-state index contributed by atoms with van der Waals surface area (Å²) in [6, 6.07) is 0. The van der Waals surface area contributed by atoms with E-state index in [9.17, 15) is 9.90 Å². The highest BCUT2D eigenvalue weighted by molar-refractivity contribution is 5.75. The zero-order valence-electron chi connectivity index (χ0n) is 9.73. The van der Waals surface area contributed by atoms with E-state index in [1.807, 2.05) is 18.5 Å². The maximum atomic E-state index is 11.4. The minimum absolute atomic E-state index is 0.500. The molecule has 1 saturated carbocycles. The topological polar surface area (TPSA) is 68.0 Å². The SMILES string of the molecule is Cc1nnc(CC2(C(=O)O)CCCC2)n1C. The van der Waals surface area contributed by atoms with Gasteiger partial charge in [-0.1, -0.05) is 12.8 Å². The average molecular weight is 223 g/mol. The summed E-state index contributed by atoms with van der Waals surface area (Å²) in [7, 11) is 1.88. The number of hydrogen-bond donors (Lipinski definition) is 1. The van der Waals surface area contributed by atoms with Crippen molar-refractivity contribution in [3.8, 4) is 0 Å². The first-order valence-corrected chi connectivity index (χ1v) is 5.63. The predicted octanol–water partition coefficient (Wildman–Crippen LogP) is 1.31. The Labute approximate surface area is 94.5 Å². The molecule has 0 radical (unpaired) electrons. The van der Waals surface area contributed by atoms with Gasteiger partial charge < -0.3 is 9.67 Å². The summed E-state index contributed by atoms with van der Waals surface area (Å²) in [4.78, 5) is 11.4. The van der Waals surface area contributed by atoms with E-state index in [0.717, 1.165) is 37.3 Å². The van der Waals surface area contributed by atoms with Gasteiger partial charge in [-0.15, -0.1) is 10.2 Å². The van der Waals surface area contributed by atoms with Gasteiger partial charge in [-0.2, -0.15) is 0 Å². The molecule has 1 heterocycles. The quantitative estimate of drug-likeness (QED) is 0.839. The van der Waals surface area contributed by atoms with E-state index in [4.69, 9.17) is 0 Å².